The standard InChI is InChI=1S/C17H24N2O.ClH/c1-13-3-4-15(11-14(13)2)16(20)19-10-7-17(12-19)5-8-18-9-6-17;/h3-4,11,18H,5-10,12H2,1-2H3;1H. The van der Waals surface area contributed by atoms with Crippen LogP contribution in [0.1, 0.15) is 40.7 Å². The Morgan fingerprint density at radius 1 is 1.14 bits per heavy atom. The van der Waals surface area contributed by atoms with E-state index in [1.165, 1.54) is 30.4 Å². The lowest BCUT2D eigenvalue weighted by Crippen LogP contribution is -2.39. The van der Waals surface area contributed by atoms with Gasteiger partial charge in [-0.15, -0.1) is 12.4 Å². The first-order valence-corrected chi connectivity index (χ1v) is 7.67. The number of aryl methyl sites for hydroxylation is 2. The Morgan fingerprint density at radius 3 is 2.52 bits per heavy atom. The van der Waals surface area contributed by atoms with Gasteiger partial charge >= 0.3 is 0 Å². The Morgan fingerprint density at radius 2 is 1.86 bits per heavy atom. The number of amides is 1. The van der Waals surface area contributed by atoms with Gasteiger partial charge in [-0.05, 0) is 74.9 Å². The largest absolute Gasteiger partial charge is 0.338 e. The lowest BCUT2D eigenvalue weighted by Gasteiger charge is -2.33. The number of hydrogen-bond donors (Lipinski definition) is 1. The Hall–Kier alpha value is -1.06. The number of rotatable bonds is 1. The maximum atomic E-state index is 12.6. The minimum atomic E-state index is 0. The maximum Gasteiger partial charge on any atom is 0.253 e. The molecule has 0 atom stereocenters. The van der Waals surface area contributed by atoms with E-state index in [9.17, 15) is 4.79 Å². The Kier molecular flexibility index (Phi) is 4.95. The number of nitrogens with zero attached hydrogens (tertiary/aromatic N) is 1. The topological polar surface area (TPSA) is 32.3 Å². The van der Waals surface area contributed by atoms with Crippen LogP contribution in [0.4, 0.5) is 0 Å². The normalized spacial score (nSPS) is 20.4. The van der Waals surface area contributed by atoms with Gasteiger partial charge in [0.15, 0.2) is 0 Å². The fraction of sp³-hybridized carbons (Fsp3) is 0.588. The second-order valence-electron chi connectivity index (χ2n) is 6.53. The summed E-state index contributed by atoms with van der Waals surface area (Å²) in [5.41, 5.74) is 3.68. The Bertz CT molecular complexity index is 524. The van der Waals surface area contributed by atoms with Gasteiger partial charge in [-0.2, -0.15) is 0 Å². The van der Waals surface area contributed by atoms with Crippen molar-refractivity contribution >= 4 is 18.3 Å². The number of piperidine rings is 1. The van der Waals surface area contributed by atoms with E-state index in [1.807, 2.05) is 12.1 Å². The SMILES string of the molecule is Cc1ccc(C(=O)N2CCC3(CCNCC3)C2)cc1C.Cl. The minimum absolute atomic E-state index is 0. The van der Waals surface area contributed by atoms with Crippen molar-refractivity contribution in [3.05, 3.63) is 34.9 Å². The third-order valence-electron chi connectivity index (χ3n) is 5.14. The van der Waals surface area contributed by atoms with Crippen LogP contribution in [0.5, 0.6) is 0 Å². The molecule has 1 aromatic carbocycles. The van der Waals surface area contributed by atoms with E-state index >= 15 is 0 Å². The second kappa shape index (κ2) is 6.37. The molecule has 116 valence electrons. The molecular weight excluding hydrogens is 284 g/mol. The summed E-state index contributed by atoms with van der Waals surface area (Å²) < 4.78 is 0. The number of hydrogen-bond acceptors (Lipinski definition) is 2. The van der Waals surface area contributed by atoms with Crippen LogP contribution in [0, 0.1) is 19.3 Å². The number of likely N-dealkylation sites (tertiary alicyclic amines) is 1. The van der Waals surface area contributed by atoms with Crippen LogP contribution >= 0.6 is 12.4 Å². The average Bonchev–Trinajstić information content (AvgIpc) is 2.85. The number of halogens is 1. The van der Waals surface area contributed by atoms with Gasteiger partial charge < -0.3 is 10.2 Å². The molecule has 2 aliphatic rings. The fourth-order valence-electron chi connectivity index (χ4n) is 3.53. The Balaban J connectivity index is 0.00000161. The van der Waals surface area contributed by atoms with Gasteiger partial charge in [0, 0.05) is 18.7 Å². The summed E-state index contributed by atoms with van der Waals surface area (Å²) in [6.45, 7) is 8.23. The summed E-state index contributed by atoms with van der Waals surface area (Å²) in [5.74, 6) is 0.212. The van der Waals surface area contributed by atoms with Gasteiger partial charge in [-0.25, -0.2) is 0 Å². The molecule has 0 aliphatic carbocycles. The second-order valence-corrected chi connectivity index (χ2v) is 6.53. The first-order valence-electron chi connectivity index (χ1n) is 7.67. The van der Waals surface area contributed by atoms with E-state index in [0.29, 0.717) is 5.41 Å². The van der Waals surface area contributed by atoms with E-state index < -0.39 is 0 Å². The molecule has 0 saturated carbocycles. The third-order valence-corrected chi connectivity index (χ3v) is 5.14. The minimum Gasteiger partial charge on any atom is -0.338 e. The summed E-state index contributed by atoms with van der Waals surface area (Å²) in [5, 5.41) is 3.42. The molecule has 1 N–H and O–H groups in total. The molecule has 0 unspecified atom stereocenters. The highest BCUT2D eigenvalue weighted by molar-refractivity contribution is 5.94. The number of carbonyl (C=O) groups excluding carboxylic acids is 1. The van der Waals surface area contributed by atoms with Crippen molar-refractivity contribution in [1.29, 1.82) is 0 Å². The highest BCUT2D eigenvalue weighted by Gasteiger charge is 2.40. The molecule has 1 amide bonds. The molecular formula is C17H25ClN2O. The molecule has 1 spiro atoms. The highest BCUT2D eigenvalue weighted by Crippen LogP contribution is 2.39. The molecule has 2 saturated heterocycles. The summed E-state index contributed by atoms with van der Waals surface area (Å²) in [7, 11) is 0. The molecule has 3 rings (SSSR count). The Labute approximate surface area is 133 Å². The molecule has 2 aliphatic heterocycles. The number of carbonyl (C=O) groups is 1. The van der Waals surface area contributed by atoms with Crippen molar-refractivity contribution in [2.45, 2.75) is 33.1 Å². The van der Waals surface area contributed by atoms with Crippen molar-refractivity contribution in [2.75, 3.05) is 26.2 Å². The van der Waals surface area contributed by atoms with Crippen molar-refractivity contribution in [2.24, 2.45) is 5.41 Å². The predicted molar refractivity (Wildman–Crippen MR) is 88.2 cm³/mol. The van der Waals surface area contributed by atoms with Gasteiger partial charge in [0.05, 0.1) is 0 Å². The highest BCUT2D eigenvalue weighted by atomic mass is 35.5. The zero-order chi connectivity index (χ0) is 14.2. The smallest absolute Gasteiger partial charge is 0.253 e. The molecule has 0 bridgehead atoms. The quantitative estimate of drug-likeness (QED) is 0.865. The van der Waals surface area contributed by atoms with Gasteiger partial charge in [0.2, 0.25) is 0 Å². The molecule has 21 heavy (non-hydrogen) atoms. The van der Waals surface area contributed by atoms with Crippen molar-refractivity contribution in [1.82, 2.24) is 10.2 Å². The summed E-state index contributed by atoms with van der Waals surface area (Å²) in [6.07, 6.45) is 3.60. The first-order chi connectivity index (χ1) is 9.60. The van der Waals surface area contributed by atoms with Crippen LogP contribution in [0.2, 0.25) is 0 Å². The fourth-order valence-corrected chi connectivity index (χ4v) is 3.53. The van der Waals surface area contributed by atoms with Crippen LogP contribution in [-0.2, 0) is 0 Å². The monoisotopic (exact) mass is 308 g/mol. The summed E-state index contributed by atoms with van der Waals surface area (Å²) in [6, 6.07) is 6.06. The lowest BCUT2D eigenvalue weighted by molar-refractivity contribution is 0.0761. The average molecular weight is 309 g/mol. The predicted octanol–water partition coefficient (Wildman–Crippen LogP) is 2.94. The number of nitrogens with one attached hydrogen (secondary N) is 1. The van der Waals surface area contributed by atoms with Crippen molar-refractivity contribution in [3.63, 3.8) is 0 Å². The molecule has 1 aromatic rings. The van der Waals surface area contributed by atoms with Crippen LogP contribution < -0.4 is 5.32 Å². The number of benzene rings is 1. The van der Waals surface area contributed by atoms with Gasteiger partial charge in [-0.1, -0.05) is 6.07 Å². The zero-order valence-corrected chi connectivity index (χ0v) is 13.8. The molecule has 4 heteroatoms. The van der Waals surface area contributed by atoms with Gasteiger partial charge in [-0.3, -0.25) is 4.79 Å². The van der Waals surface area contributed by atoms with E-state index in [-0.39, 0.29) is 18.3 Å². The van der Waals surface area contributed by atoms with E-state index in [2.05, 4.69) is 30.1 Å². The van der Waals surface area contributed by atoms with E-state index in [1.54, 1.807) is 0 Å². The van der Waals surface area contributed by atoms with Crippen LogP contribution in [-0.4, -0.2) is 37.0 Å². The van der Waals surface area contributed by atoms with Crippen molar-refractivity contribution in [3.8, 4) is 0 Å². The van der Waals surface area contributed by atoms with Gasteiger partial charge in [0.1, 0.15) is 0 Å². The van der Waals surface area contributed by atoms with Gasteiger partial charge in [0.25, 0.3) is 5.91 Å². The summed E-state index contributed by atoms with van der Waals surface area (Å²) >= 11 is 0. The molecule has 3 nitrogen and oxygen atoms in total. The van der Waals surface area contributed by atoms with E-state index in [0.717, 1.165) is 31.7 Å². The molecule has 2 heterocycles. The molecule has 2 fully saturated rings. The van der Waals surface area contributed by atoms with Crippen LogP contribution in [0.25, 0.3) is 0 Å². The van der Waals surface area contributed by atoms with Crippen LogP contribution in [0.15, 0.2) is 18.2 Å². The van der Waals surface area contributed by atoms with E-state index in [4.69, 9.17) is 0 Å². The molecule has 0 radical (unpaired) electrons. The lowest BCUT2D eigenvalue weighted by atomic mass is 9.78. The first kappa shape index (κ1) is 16.3. The maximum absolute atomic E-state index is 12.6. The summed E-state index contributed by atoms with van der Waals surface area (Å²) in [4.78, 5) is 14.7. The van der Waals surface area contributed by atoms with Crippen molar-refractivity contribution < 1.29 is 4.79 Å². The third kappa shape index (κ3) is 3.24. The van der Waals surface area contributed by atoms with Crippen LogP contribution in [0.3, 0.4) is 0 Å². The molecule has 0 aromatic heterocycles. The zero-order valence-electron chi connectivity index (χ0n) is 12.9.